The van der Waals surface area contributed by atoms with Crippen LogP contribution in [0.4, 0.5) is 17.1 Å². The van der Waals surface area contributed by atoms with E-state index in [1.165, 1.54) is 87.8 Å². The number of aromatic nitrogens is 1. The average Bonchev–Trinajstić information content (AvgIpc) is 3.83. The summed E-state index contributed by atoms with van der Waals surface area (Å²) >= 11 is 0. The molecule has 3 nitrogen and oxygen atoms in total. The predicted octanol–water partition coefficient (Wildman–Crippen LogP) is 15.6. The molecule has 0 saturated heterocycles. The Morgan fingerprint density at radius 2 is 0.952 bits per heavy atom. The standard InChI is InChI=1S/C59H36N2O/c1-2-14-37(15-3-1)38-28-30-39(31-29-38)60(53-35-33-44-46-20-12-19-45-43-18-6-10-25-52(43)61(58(45)46)54-26-13-21-47(53)57(44)54)40-32-34-51-56(36-40)62-55-27-11-9-24-50(55)59(51)48-22-7-4-16-41(48)42-17-5-8-23-49(42)59/h1-36H. The Hall–Kier alpha value is -8.14. The minimum atomic E-state index is -0.531. The number of anilines is 3. The Balaban J connectivity index is 1.04. The van der Waals surface area contributed by atoms with Gasteiger partial charge >= 0.3 is 0 Å². The van der Waals surface area contributed by atoms with E-state index in [2.05, 4.69) is 228 Å². The fourth-order valence-corrected chi connectivity index (χ4v) is 11.3. The van der Waals surface area contributed by atoms with Gasteiger partial charge in [-0.05, 0) is 81.2 Å². The highest BCUT2D eigenvalue weighted by Crippen LogP contribution is 2.62. The highest BCUT2D eigenvalue weighted by molar-refractivity contribution is 6.28. The number of fused-ring (bicyclic) bond motifs is 14. The van der Waals surface area contributed by atoms with Crippen molar-refractivity contribution >= 4 is 65.9 Å². The lowest BCUT2D eigenvalue weighted by atomic mass is 9.66. The molecule has 14 rings (SSSR count). The van der Waals surface area contributed by atoms with Gasteiger partial charge in [-0.3, -0.25) is 0 Å². The van der Waals surface area contributed by atoms with Crippen molar-refractivity contribution in [1.82, 2.24) is 4.40 Å². The number of pyridine rings is 1. The zero-order valence-electron chi connectivity index (χ0n) is 33.6. The van der Waals surface area contributed by atoms with E-state index in [1.54, 1.807) is 0 Å². The minimum Gasteiger partial charge on any atom is -0.457 e. The Labute approximate surface area is 358 Å². The summed E-state index contributed by atoms with van der Waals surface area (Å²) in [5.41, 5.74) is 16.2. The van der Waals surface area contributed by atoms with Crippen LogP contribution in [0.2, 0.25) is 0 Å². The van der Waals surface area contributed by atoms with Crippen LogP contribution < -0.4 is 9.64 Å². The van der Waals surface area contributed by atoms with Crippen molar-refractivity contribution in [2.75, 3.05) is 4.90 Å². The molecule has 2 aliphatic rings. The molecule has 0 atom stereocenters. The zero-order valence-corrected chi connectivity index (χ0v) is 33.6. The van der Waals surface area contributed by atoms with Crippen molar-refractivity contribution in [3.63, 3.8) is 0 Å². The fraction of sp³-hybridized carbons (Fsp3) is 0.0169. The van der Waals surface area contributed by atoms with Crippen molar-refractivity contribution in [3.05, 3.63) is 241 Å². The average molecular weight is 789 g/mol. The smallest absolute Gasteiger partial charge is 0.134 e. The highest BCUT2D eigenvalue weighted by atomic mass is 16.5. The molecule has 3 heteroatoms. The third kappa shape index (κ3) is 4.34. The van der Waals surface area contributed by atoms with Gasteiger partial charge < -0.3 is 14.0 Å². The molecule has 288 valence electrons. The number of benzene rings is 10. The van der Waals surface area contributed by atoms with Crippen molar-refractivity contribution < 1.29 is 4.74 Å². The molecule has 12 aromatic rings. The Morgan fingerprint density at radius 1 is 0.371 bits per heavy atom. The van der Waals surface area contributed by atoms with Gasteiger partial charge in [-0.15, -0.1) is 0 Å². The van der Waals surface area contributed by atoms with Crippen molar-refractivity contribution in [2.45, 2.75) is 5.41 Å². The zero-order chi connectivity index (χ0) is 40.5. The lowest BCUT2D eigenvalue weighted by molar-refractivity contribution is 0.436. The molecule has 0 N–H and O–H groups in total. The number of hydrogen-bond acceptors (Lipinski definition) is 2. The summed E-state index contributed by atoms with van der Waals surface area (Å²) < 4.78 is 9.54. The highest BCUT2D eigenvalue weighted by Gasteiger charge is 2.51. The van der Waals surface area contributed by atoms with Crippen LogP contribution in [0.25, 0.3) is 71.1 Å². The summed E-state index contributed by atoms with van der Waals surface area (Å²) in [6.45, 7) is 0. The van der Waals surface area contributed by atoms with Crippen LogP contribution in [0.3, 0.4) is 0 Å². The van der Waals surface area contributed by atoms with Crippen LogP contribution in [0.5, 0.6) is 11.5 Å². The SMILES string of the molecule is c1ccc(-c2ccc(N(c3ccc4c(c3)Oc3ccccc3C43c4ccccc4-c4ccccc43)c3ccc4c5cccc6c7ccccc7n(c7cccc3c47)c56)cc2)cc1. The molecule has 1 aliphatic heterocycles. The molecular weight excluding hydrogens is 753 g/mol. The molecule has 0 saturated carbocycles. The van der Waals surface area contributed by atoms with Gasteiger partial charge in [0.05, 0.1) is 27.7 Å². The monoisotopic (exact) mass is 788 g/mol. The maximum atomic E-state index is 7.06. The molecule has 1 spiro atoms. The molecule has 0 radical (unpaired) electrons. The van der Waals surface area contributed by atoms with Crippen molar-refractivity contribution in [2.24, 2.45) is 0 Å². The first-order valence-electron chi connectivity index (χ1n) is 21.4. The van der Waals surface area contributed by atoms with Gasteiger partial charge in [-0.1, -0.05) is 170 Å². The normalized spacial score (nSPS) is 13.4. The van der Waals surface area contributed by atoms with E-state index in [1.807, 2.05) is 0 Å². The molecule has 0 amide bonds. The lowest BCUT2D eigenvalue weighted by Gasteiger charge is -2.40. The quantitative estimate of drug-likeness (QED) is 0.130. The second-order valence-corrected chi connectivity index (χ2v) is 16.8. The molecule has 2 aromatic heterocycles. The van der Waals surface area contributed by atoms with Gasteiger partial charge in [-0.2, -0.15) is 0 Å². The molecule has 0 unspecified atom stereocenters. The number of ether oxygens (including phenoxy) is 1. The third-order valence-corrected chi connectivity index (χ3v) is 13.8. The molecule has 3 heterocycles. The van der Waals surface area contributed by atoms with E-state index in [0.717, 1.165) is 34.1 Å². The van der Waals surface area contributed by atoms with Gasteiger partial charge in [0.15, 0.2) is 0 Å². The molecule has 0 fully saturated rings. The summed E-state index contributed by atoms with van der Waals surface area (Å²) in [4.78, 5) is 2.43. The summed E-state index contributed by atoms with van der Waals surface area (Å²) in [5, 5.41) is 7.51. The second-order valence-electron chi connectivity index (χ2n) is 16.8. The number of nitrogens with zero attached hydrogens (tertiary/aromatic N) is 2. The Bertz CT molecular complexity index is 3740. The van der Waals surface area contributed by atoms with E-state index < -0.39 is 5.41 Å². The number of para-hydroxylation sites is 3. The minimum absolute atomic E-state index is 0.531. The van der Waals surface area contributed by atoms with Gasteiger partial charge in [0.25, 0.3) is 0 Å². The maximum Gasteiger partial charge on any atom is 0.134 e. The van der Waals surface area contributed by atoms with E-state index >= 15 is 0 Å². The Kier molecular flexibility index (Phi) is 6.76. The first kappa shape index (κ1) is 33.7. The molecule has 1 aliphatic carbocycles. The predicted molar refractivity (Wildman–Crippen MR) is 256 cm³/mol. The van der Waals surface area contributed by atoms with Crippen molar-refractivity contribution in [1.29, 1.82) is 0 Å². The molecule has 10 aromatic carbocycles. The van der Waals surface area contributed by atoms with E-state index in [0.29, 0.717) is 0 Å². The second kappa shape index (κ2) is 12.4. The van der Waals surface area contributed by atoms with Crippen LogP contribution in [-0.4, -0.2) is 4.40 Å². The first-order valence-corrected chi connectivity index (χ1v) is 21.4. The summed E-state index contributed by atoms with van der Waals surface area (Å²) in [6.07, 6.45) is 0. The summed E-state index contributed by atoms with van der Waals surface area (Å²) in [6, 6.07) is 80.0. The fourth-order valence-electron chi connectivity index (χ4n) is 11.3. The largest absolute Gasteiger partial charge is 0.457 e. The number of rotatable bonds is 4. The van der Waals surface area contributed by atoms with Gasteiger partial charge in [0.2, 0.25) is 0 Å². The summed E-state index contributed by atoms with van der Waals surface area (Å²) in [5.74, 6) is 1.74. The molecule has 62 heavy (non-hydrogen) atoms. The van der Waals surface area contributed by atoms with Crippen LogP contribution >= 0.6 is 0 Å². The van der Waals surface area contributed by atoms with Crippen LogP contribution in [0, 0.1) is 0 Å². The van der Waals surface area contributed by atoms with Crippen LogP contribution in [0.1, 0.15) is 22.3 Å². The van der Waals surface area contributed by atoms with Gasteiger partial charge in [0, 0.05) is 55.5 Å². The van der Waals surface area contributed by atoms with Gasteiger partial charge in [0.1, 0.15) is 11.5 Å². The van der Waals surface area contributed by atoms with Gasteiger partial charge in [-0.25, -0.2) is 0 Å². The van der Waals surface area contributed by atoms with E-state index in [4.69, 9.17) is 4.74 Å². The van der Waals surface area contributed by atoms with Crippen LogP contribution in [0.15, 0.2) is 218 Å². The summed E-state index contributed by atoms with van der Waals surface area (Å²) in [7, 11) is 0. The first-order chi connectivity index (χ1) is 30.8. The van der Waals surface area contributed by atoms with E-state index in [9.17, 15) is 0 Å². The topological polar surface area (TPSA) is 16.9 Å². The Morgan fingerprint density at radius 3 is 1.76 bits per heavy atom. The van der Waals surface area contributed by atoms with Crippen LogP contribution in [-0.2, 0) is 5.41 Å². The maximum absolute atomic E-state index is 7.06. The van der Waals surface area contributed by atoms with Crippen molar-refractivity contribution in [3.8, 4) is 33.8 Å². The van der Waals surface area contributed by atoms with E-state index in [-0.39, 0.29) is 0 Å². The molecular formula is C59H36N2O. The molecule has 0 bridgehead atoms. The third-order valence-electron chi connectivity index (χ3n) is 13.8. The lowest BCUT2D eigenvalue weighted by Crippen LogP contribution is -2.32. The number of hydrogen-bond donors (Lipinski definition) is 0.